The number of anilines is 1. The lowest BCUT2D eigenvalue weighted by Crippen LogP contribution is -2.13. The molecule has 2 N–H and O–H groups in total. The van der Waals surface area contributed by atoms with E-state index in [1.165, 1.54) is 6.07 Å². The van der Waals surface area contributed by atoms with Gasteiger partial charge in [0.15, 0.2) is 0 Å². The Morgan fingerprint density at radius 2 is 1.78 bits per heavy atom. The topological polar surface area (TPSA) is 49.3 Å². The Kier molecular flexibility index (Phi) is 3.85. The molecule has 0 heterocycles. The van der Waals surface area contributed by atoms with Crippen molar-refractivity contribution < 1.29 is 9.90 Å². The summed E-state index contributed by atoms with van der Waals surface area (Å²) in [5, 5.41) is 12.3. The zero-order valence-corrected chi connectivity index (χ0v) is 10.3. The van der Waals surface area contributed by atoms with Crippen molar-refractivity contribution >= 4 is 23.2 Å². The van der Waals surface area contributed by atoms with Crippen LogP contribution in [0.3, 0.4) is 0 Å². The fraction of sp³-hybridized carbons (Fsp3) is 0.0714. The van der Waals surface area contributed by atoms with E-state index in [1.807, 2.05) is 18.2 Å². The lowest BCUT2D eigenvalue weighted by atomic mass is 10.1. The molecule has 0 fully saturated rings. The summed E-state index contributed by atoms with van der Waals surface area (Å²) in [5.74, 6) is -0.0824. The summed E-state index contributed by atoms with van der Waals surface area (Å²) in [6.45, 7) is 0. The molecule has 0 radical (unpaired) electrons. The van der Waals surface area contributed by atoms with Gasteiger partial charge in [-0.3, -0.25) is 4.79 Å². The van der Waals surface area contributed by atoms with Gasteiger partial charge >= 0.3 is 0 Å². The number of aromatic hydroxyl groups is 1. The van der Waals surface area contributed by atoms with Gasteiger partial charge < -0.3 is 10.4 Å². The number of para-hydroxylation sites is 2. The largest absolute Gasteiger partial charge is 0.507 e. The molecule has 0 saturated heterocycles. The molecule has 0 aliphatic heterocycles. The summed E-state index contributed by atoms with van der Waals surface area (Å²) in [7, 11) is 0. The SMILES string of the molecule is O=C(Nc1ccccc1CCl)c1ccccc1O. The van der Waals surface area contributed by atoms with Gasteiger partial charge in [0.05, 0.1) is 5.56 Å². The fourth-order valence-corrected chi connectivity index (χ4v) is 1.85. The average Bonchev–Trinajstić information content (AvgIpc) is 2.39. The van der Waals surface area contributed by atoms with E-state index in [0.29, 0.717) is 11.6 Å². The number of phenols is 1. The van der Waals surface area contributed by atoms with Crippen LogP contribution in [0.1, 0.15) is 15.9 Å². The third-order valence-electron chi connectivity index (χ3n) is 2.56. The Balaban J connectivity index is 2.24. The van der Waals surface area contributed by atoms with Crippen LogP contribution < -0.4 is 5.32 Å². The third-order valence-corrected chi connectivity index (χ3v) is 2.85. The van der Waals surface area contributed by atoms with Crippen molar-refractivity contribution in [3.8, 4) is 5.75 Å². The molecule has 0 aromatic heterocycles. The van der Waals surface area contributed by atoms with Gasteiger partial charge in [0.2, 0.25) is 0 Å². The number of hydrogen-bond acceptors (Lipinski definition) is 2. The molecule has 18 heavy (non-hydrogen) atoms. The van der Waals surface area contributed by atoms with Crippen molar-refractivity contribution in [2.45, 2.75) is 5.88 Å². The molecule has 2 aromatic carbocycles. The minimum absolute atomic E-state index is 0.0432. The van der Waals surface area contributed by atoms with Crippen molar-refractivity contribution in [2.24, 2.45) is 0 Å². The first-order valence-electron chi connectivity index (χ1n) is 5.45. The highest BCUT2D eigenvalue weighted by atomic mass is 35.5. The van der Waals surface area contributed by atoms with Gasteiger partial charge in [-0.2, -0.15) is 0 Å². The second kappa shape index (κ2) is 5.56. The molecule has 0 unspecified atom stereocenters. The Morgan fingerprint density at radius 3 is 2.50 bits per heavy atom. The molecule has 2 rings (SSSR count). The fourth-order valence-electron chi connectivity index (χ4n) is 1.61. The minimum atomic E-state index is -0.356. The Hall–Kier alpha value is -2.00. The van der Waals surface area contributed by atoms with E-state index in [1.54, 1.807) is 24.3 Å². The van der Waals surface area contributed by atoms with Gasteiger partial charge in [-0.15, -0.1) is 11.6 Å². The molecule has 1 amide bonds. The number of carbonyl (C=O) groups is 1. The number of halogens is 1. The van der Waals surface area contributed by atoms with E-state index < -0.39 is 0 Å². The predicted molar refractivity (Wildman–Crippen MR) is 72.1 cm³/mol. The van der Waals surface area contributed by atoms with Gasteiger partial charge in [0.1, 0.15) is 5.75 Å². The van der Waals surface area contributed by atoms with Gasteiger partial charge in [-0.25, -0.2) is 0 Å². The second-order valence-electron chi connectivity index (χ2n) is 3.76. The van der Waals surface area contributed by atoms with Gasteiger partial charge in [0, 0.05) is 11.6 Å². The monoisotopic (exact) mass is 261 g/mol. The molecule has 0 bridgehead atoms. The van der Waals surface area contributed by atoms with Crippen molar-refractivity contribution in [2.75, 3.05) is 5.32 Å². The number of rotatable bonds is 3. The van der Waals surface area contributed by atoms with Crippen LogP contribution in [0, 0.1) is 0 Å². The Morgan fingerprint density at radius 1 is 1.11 bits per heavy atom. The van der Waals surface area contributed by atoms with Crippen molar-refractivity contribution in [1.82, 2.24) is 0 Å². The molecule has 0 atom stereocenters. The van der Waals surface area contributed by atoms with Crippen LogP contribution in [0.25, 0.3) is 0 Å². The summed E-state index contributed by atoms with van der Waals surface area (Å²) >= 11 is 5.79. The minimum Gasteiger partial charge on any atom is -0.507 e. The number of benzene rings is 2. The van der Waals surface area contributed by atoms with Crippen LogP contribution in [0.5, 0.6) is 5.75 Å². The summed E-state index contributed by atoms with van der Waals surface area (Å²) < 4.78 is 0. The summed E-state index contributed by atoms with van der Waals surface area (Å²) in [4.78, 5) is 12.0. The summed E-state index contributed by atoms with van der Waals surface area (Å²) in [6.07, 6.45) is 0. The van der Waals surface area contributed by atoms with Gasteiger partial charge in [-0.1, -0.05) is 30.3 Å². The molecule has 0 spiro atoms. The maximum Gasteiger partial charge on any atom is 0.259 e. The van der Waals surface area contributed by atoms with Crippen LogP contribution in [-0.2, 0) is 5.88 Å². The van der Waals surface area contributed by atoms with Crippen LogP contribution in [0.4, 0.5) is 5.69 Å². The number of carbonyl (C=O) groups excluding carboxylic acids is 1. The molecule has 3 nitrogen and oxygen atoms in total. The number of hydrogen-bond donors (Lipinski definition) is 2. The molecule has 2 aromatic rings. The molecule has 4 heteroatoms. The maximum absolute atomic E-state index is 12.0. The second-order valence-corrected chi connectivity index (χ2v) is 4.03. The molecular weight excluding hydrogens is 250 g/mol. The molecule has 0 aliphatic rings. The molecule has 0 aliphatic carbocycles. The van der Waals surface area contributed by atoms with E-state index >= 15 is 0 Å². The average molecular weight is 262 g/mol. The summed E-state index contributed by atoms with van der Waals surface area (Å²) in [6, 6.07) is 13.7. The van der Waals surface area contributed by atoms with E-state index in [-0.39, 0.29) is 17.2 Å². The van der Waals surface area contributed by atoms with Crippen molar-refractivity contribution in [3.63, 3.8) is 0 Å². The lowest BCUT2D eigenvalue weighted by molar-refractivity contribution is 0.102. The zero-order chi connectivity index (χ0) is 13.0. The number of nitrogens with one attached hydrogen (secondary N) is 1. The Labute approximate surface area is 110 Å². The van der Waals surface area contributed by atoms with Crippen LogP contribution in [0.15, 0.2) is 48.5 Å². The number of phenolic OH excluding ortho intramolecular Hbond substituents is 1. The predicted octanol–water partition coefficient (Wildman–Crippen LogP) is 3.38. The van der Waals surface area contributed by atoms with Crippen LogP contribution >= 0.6 is 11.6 Å². The van der Waals surface area contributed by atoms with E-state index in [0.717, 1.165) is 5.56 Å². The maximum atomic E-state index is 12.0. The summed E-state index contributed by atoms with van der Waals surface area (Å²) in [5.41, 5.74) is 1.73. The molecule has 92 valence electrons. The number of alkyl halides is 1. The lowest BCUT2D eigenvalue weighted by Gasteiger charge is -2.09. The third kappa shape index (κ3) is 2.63. The van der Waals surface area contributed by atoms with Gasteiger partial charge in [0.25, 0.3) is 5.91 Å². The highest BCUT2D eigenvalue weighted by molar-refractivity contribution is 6.17. The normalized spacial score (nSPS) is 10.1. The van der Waals surface area contributed by atoms with E-state index in [9.17, 15) is 9.90 Å². The molecule has 0 saturated carbocycles. The highest BCUT2D eigenvalue weighted by Crippen LogP contribution is 2.21. The highest BCUT2D eigenvalue weighted by Gasteiger charge is 2.11. The first kappa shape index (κ1) is 12.5. The molecular formula is C14H12ClNO2. The first-order valence-corrected chi connectivity index (χ1v) is 5.99. The van der Waals surface area contributed by atoms with Crippen molar-refractivity contribution in [1.29, 1.82) is 0 Å². The quantitative estimate of drug-likeness (QED) is 0.832. The van der Waals surface area contributed by atoms with Crippen molar-refractivity contribution in [3.05, 3.63) is 59.7 Å². The van der Waals surface area contributed by atoms with Gasteiger partial charge in [-0.05, 0) is 23.8 Å². The smallest absolute Gasteiger partial charge is 0.259 e. The van der Waals surface area contributed by atoms with E-state index in [4.69, 9.17) is 11.6 Å². The van der Waals surface area contributed by atoms with Crippen LogP contribution in [-0.4, -0.2) is 11.0 Å². The first-order chi connectivity index (χ1) is 8.72. The standard InChI is InChI=1S/C14H12ClNO2/c15-9-10-5-1-3-7-12(10)16-14(18)11-6-2-4-8-13(11)17/h1-8,17H,9H2,(H,16,18). The zero-order valence-electron chi connectivity index (χ0n) is 9.56. The Bertz CT molecular complexity index is 569. The van der Waals surface area contributed by atoms with E-state index in [2.05, 4.69) is 5.32 Å². The van der Waals surface area contributed by atoms with Crippen LogP contribution in [0.2, 0.25) is 0 Å². The number of amides is 1.